The van der Waals surface area contributed by atoms with Crippen molar-refractivity contribution in [2.45, 2.75) is 38.6 Å². The molecule has 1 N–H and O–H groups in total. The molecule has 0 spiro atoms. The minimum absolute atomic E-state index is 0.144. The predicted octanol–water partition coefficient (Wildman–Crippen LogP) is 4.81. The molecular weight excluding hydrogens is 392 g/mol. The molecule has 1 aliphatic rings. The summed E-state index contributed by atoms with van der Waals surface area (Å²) in [6.07, 6.45) is 3.89. The van der Waals surface area contributed by atoms with Gasteiger partial charge in [-0.2, -0.15) is 5.10 Å². The van der Waals surface area contributed by atoms with Crippen molar-refractivity contribution in [3.05, 3.63) is 40.7 Å². The molecule has 152 valence electrons. The second kappa shape index (κ2) is 7.55. The van der Waals surface area contributed by atoms with Crippen LogP contribution in [0, 0.1) is 0 Å². The second-order valence-electron chi connectivity index (χ2n) is 7.43. The molecule has 7 nitrogen and oxygen atoms in total. The first-order valence-corrected chi connectivity index (χ1v) is 9.91. The normalized spacial score (nSPS) is 13.7. The number of methoxy groups -OCH3 is 2. The molecule has 0 aliphatic heterocycles. The van der Waals surface area contributed by atoms with Crippen molar-refractivity contribution in [1.82, 2.24) is 14.8 Å². The van der Waals surface area contributed by atoms with Gasteiger partial charge in [-0.15, -0.1) is 0 Å². The average Bonchev–Trinajstić information content (AvgIpc) is 3.46. The molecule has 4 rings (SSSR count). The molecule has 2 aromatic heterocycles. The Labute approximate surface area is 174 Å². The maximum atomic E-state index is 13.2. The van der Waals surface area contributed by atoms with Gasteiger partial charge < -0.3 is 14.8 Å². The SMILES string of the molecule is COc1cc(OC)c(NC(=O)c2cc(C3CC3)nc3c2cnn3C(C)C)cc1Cl. The van der Waals surface area contributed by atoms with E-state index in [9.17, 15) is 4.79 Å². The molecule has 0 atom stereocenters. The summed E-state index contributed by atoms with van der Waals surface area (Å²) in [5.74, 6) is 1.08. The standard InChI is InChI=1S/C21H23ClN4O3/c1-11(2)26-20-14(10-23-26)13(7-16(24-20)12-5-6-12)21(27)25-17-8-15(22)18(28-3)9-19(17)29-4/h7-12H,5-6H2,1-4H3,(H,25,27). The molecule has 1 aromatic carbocycles. The van der Waals surface area contributed by atoms with Gasteiger partial charge in [0.15, 0.2) is 5.65 Å². The van der Waals surface area contributed by atoms with Crippen molar-refractivity contribution in [2.75, 3.05) is 19.5 Å². The van der Waals surface area contributed by atoms with Crippen LogP contribution >= 0.6 is 11.6 Å². The Balaban J connectivity index is 1.77. The van der Waals surface area contributed by atoms with Gasteiger partial charge >= 0.3 is 0 Å². The minimum Gasteiger partial charge on any atom is -0.495 e. The van der Waals surface area contributed by atoms with Crippen LogP contribution in [0.15, 0.2) is 24.4 Å². The van der Waals surface area contributed by atoms with E-state index >= 15 is 0 Å². The number of rotatable bonds is 6. The highest BCUT2D eigenvalue weighted by molar-refractivity contribution is 6.32. The number of pyridine rings is 1. The summed E-state index contributed by atoms with van der Waals surface area (Å²) < 4.78 is 12.5. The zero-order valence-electron chi connectivity index (χ0n) is 16.8. The molecule has 0 bridgehead atoms. The van der Waals surface area contributed by atoms with E-state index in [1.165, 1.54) is 14.2 Å². The number of fused-ring (bicyclic) bond motifs is 1. The molecule has 29 heavy (non-hydrogen) atoms. The van der Waals surface area contributed by atoms with Gasteiger partial charge in [0.2, 0.25) is 0 Å². The van der Waals surface area contributed by atoms with E-state index in [1.54, 1.807) is 18.3 Å². The van der Waals surface area contributed by atoms with Crippen molar-refractivity contribution in [2.24, 2.45) is 0 Å². The zero-order chi connectivity index (χ0) is 20.7. The van der Waals surface area contributed by atoms with Crippen molar-refractivity contribution in [1.29, 1.82) is 0 Å². The minimum atomic E-state index is -0.262. The summed E-state index contributed by atoms with van der Waals surface area (Å²) in [4.78, 5) is 18.0. The van der Waals surface area contributed by atoms with Gasteiger partial charge in [-0.1, -0.05) is 11.6 Å². The first-order chi connectivity index (χ1) is 13.9. The number of anilines is 1. The Hall–Kier alpha value is -2.80. The van der Waals surface area contributed by atoms with Crippen LogP contribution in [-0.4, -0.2) is 34.9 Å². The van der Waals surface area contributed by atoms with Gasteiger partial charge in [-0.05, 0) is 38.8 Å². The maximum absolute atomic E-state index is 13.2. The molecule has 0 radical (unpaired) electrons. The first-order valence-electron chi connectivity index (χ1n) is 9.54. The van der Waals surface area contributed by atoms with Gasteiger partial charge in [0, 0.05) is 23.7 Å². The summed E-state index contributed by atoms with van der Waals surface area (Å²) >= 11 is 6.24. The van der Waals surface area contributed by atoms with Gasteiger partial charge in [-0.3, -0.25) is 4.79 Å². The largest absolute Gasteiger partial charge is 0.495 e. The predicted molar refractivity (Wildman–Crippen MR) is 112 cm³/mol. The molecule has 1 fully saturated rings. The molecule has 8 heteroatoms. The van der Waals surface area contributed by atoms with Crippen LogP contribution in [-0.2, 0) is 0 Å². The molecule has 0 unspecified atom stereocenters. The van der Waals surface area contributed by atoms with Crippen LogP contribution in [0.1, 0.15) is 54.7 Å². The molecule has 0 saturated heterocycles. The highest BCUT2D eigenvalue weighted by Crippen LogP contribution is 2.41. The lowest BCUT2D eigenvalue weighted by Gasteiger charge is -2.14. The molecule has 1 amide bonds. The number of ether oxygens (including phenoxy) is 2. The fourth-order valence-electron chi connectivity index (χ4n) is 3.34. The highest BCUT2D eigenvalue weighted by Gasteiger charge is 2.28. The summed E-state index contributed by atoms with van der Waals surface area (Å²) in [5.41, 5.74) is 2.68. The number of nitrogens with zero attached hydrogens (tertiary/aromatic N) is 3. The smallest absolute Gasteiger partial charge is 0.256 e. The van der Waals surface area contributed by atoms with Crippen LogP contribution in [0.3, 0.4) is 0 Å². The zero-order valence-corrected chi connectivity index (χ0v) is 17.6. The summed E-state index contributed by atoms with van der Waals surface area (Å²) in [6, 6.07) is 5.28. The van der Waals surface area contributed by atoms with E-state index in [0.717, 1.165) is 29.6 Å². The summed E-state index contributed by atoms with van der Waals surface area (Å²) in [6.45, 7) is 4.09. The third-order valence-corrected chi connectivity index (χ3v) is 5.33. The number of carbonyl (C=O) groups excluding carboxylic acids is 1. The summed E-state index contributed by atoms with van der Waals surface area (Å²) in [7, 11) is 3.05. The van der Waals surface area contributed by atoms with E-state index in [0.29, 0.717) is 33.7 Å². The fourth-order valence-corrected chi connectivity index (χ4v) is 3.58. The Morgan fingerprint density at radius 2 is 1.93 bits per heavy atom. The topological polar surface area (TPSA) is 78.3 Å². The van der Waals surface area contributed by atoms with Crippen molar-refractivity contribution < 1.29 is 14.3 Å². The lowest BCUT2D eigenvalue weighted by atomic mass is 10.1. The van der Waals surface area contributed by atoms with E-state index in [2.05, 4.69) is 10.4 Å². The number of halogens is 1. The van der Waals surface area contributed by atoms with E-state index in [1.807, 2.05) is 24.6 Å². The Kier molecular flexibility index (Phi) is 5.08. The third-order valence-electron chi connectivity index (χ3n) is 5.04. The Morgan fingerprint density at radius 1 is 1.21 bits per heavy atom. The van der Waals surface area contributed by atoms with Crippen LogP contribution in [0.25, 0.3) is 11.0 Å². The maximum Gasteiger partial charge on any atom is 0.256 e. The van der Waals surface area contributed by atoms with Crippen molar-refractivity contribution in [3.8, 4) is 11.5 Å². The molecule has 1 saturated carbocycles. The third kappa shape index (κ3) is 3.62. The first kappa shape index (κ1) is 19.5. The number of hydrogen-bond acceptors (Lipinski definition) is 5. The lowest BCUT2D eigenvalue weighted by molar-refractivity contribution is 0.102. The molecule has 2 heterocycles. The Bertz CT molecular complexity index is 1090. The summed E-state index contributed by atoms with van der Waals surface area (Å²) in [5, 5.41) is 8.47. The average molecular weight is 415 g/mol. The van der Waals surface area contributed by atoms with Gasteiger partial charge in [0.1, 0.15) is 11.5 Å². The van der Waals surface area contributed by atoms with E-state index in [4.69, 9.17) is 26.1 Å². The van der Waals surface area contributed by atoms with Crippen molar-refractivity contribution >= 4 is 34.2 Å². The monoisotopic (exact) mass is 414 g/mol. The number of carbonyl (C=O) groups is 1. The van der Waals surface area contributed by atoms with Crippen LogP contribution in [0.4, 0.5) is 5.69 Å². The van der Waals surface area contributed by atoms with Gasteiger partial charge in [0.25, 0.3) is 5.91 Å². The highest BCUT2D eigenvalue weighted by atomic mass is 35.5. The molecule has 1 aliphatic carbocycles. The molecular formula is C21H23ClN4O3. The number of amides is 1. The van der Waals surface area contributed by atoms with Crippen LogP contribution < -0.4 is 14.8 Å². The number of aromatic nitrogens is 3. The number of nitrogens with one attached hydrogen (secondary N) is 1. The van der Waals surface area contributed by atoms with Crippen LogP contribution in [0.5, 0.6) is 11.5 Å². The lowest BCUT2D eigenvalue weighted by Crippen LogP contribution is -2.14. The van der Waals surface area contributed by atoms with Gasteiger partial charge in [0.05, 0.1) is 42.1 Å². The second-order valence-corrected chi connectivity index (χ2v) is 7.84. The number of benzene rings is 1. The Morgan fingerprint density at radius 3 is 2.55 bits per heavy atom. The number of hydrogen-bond donors (Lipinski definition) is 1. The van der Waals surface area contributed by atoms with Crippen LogP contribution in [0.2, 0.25) is 5.02 Å². The van der Waals surface area contributed by atoms with Crippen molar-refractivity contribution in [3.63, 3.8) is 0 Å². The quantitative estimate of drug-likeness (QED) is 0.626. The van der Waals surface area contributed by atoms with Gasteiger partial charge in [-0.25, -0.2) is 9.67 Å². The fraction of sp³-hybridized carbons (Fsp3) is 0.381. The molecule has 3 aromatic rings. The van der Waals surface area contributed by atoms with E-state index in [-0.39, 0.29) is 11.9 Å². The van der Waals surface area contributed by atoms with E-state index < -0.39 is 0 Å².